The highest BCUT2D eigenvalue weighted by Crippen LogP contribution is 2.28. The van der Waals surface area contributed by atoms with E-state index in [1.54, 1.807) is 30.6 Å². The van der Waals surface area contributed by atoms with E-state index in [1.807, 2.05) is 0 Å². The number of hydrogen-bond acceptors (Lipinski definition) is 4. The van der Waals surface area contributed by atoms with Crippen molar-refractivity contribution in [1.29, 1.82) is 0 Å². The average Bonchev–Trinajstić information content (AvgIpc) is 2.81. The minimum Gasteiger partial charge on any atom is -0.495 e. The molecule has 15 heavy (non-hydrogen) atoms. The lowest BCUT2D eigenvalue weighted by Crippen LogP contribution is -2.01. The molecule has 1 N–H and O–H groups in total. The first-order valence-corrected chi connectivity index (χ1v) is 4.52. The number of aliphatic hydroxyl groups excluding tert-OH is 1. The van der Waals surface area contributed by atoms with Crippen molar-refractivity contribution in [3.05, 3.63) is 48.2 Å². The molecule has 0 aromatic carbocycles. The summed E-state index contributed by atoms with van der Waals surface area (Å²) in [4.78, 5) is 3.91. The third-order valence-electron chi connectivity index (χ3n) is 2.14. The van der Waals surface area contributed by atoms with Crippen molar-refractivity contribution in [3.63, 3.8) is 0 Å². The van der Waals surface area contributed by atoms with E-state index in [0.717, 1.165) is 0 Å². The number of ether oxygens (including phenoxy) is 1. The Morgan fingerprint density at radius 3 is 3.00 bits per heavy atom. The van der Waals surface area contributed by atoms with Gasteiger partial charge in [0.1, 0.15) is 17.6 Å². The van der Waals surface area contributed by atoms with Gasteiger partial charge in [-0.1, -0.05) is 0 Å². The van der Waals surface area contributed by atoms with E-state index >= 15 is 0 Å². The van der Waals surface area contributed by atoms with E-state index in [0.29, 0.717) is 17.1 Å². The van der Waals surface area contributed by atoms with Crippen LogP contribution in [0.3, 0.4) is 0 Å². The number of aromatic nitrogens is 1. The van der Waals surface area contributed by atoms with Crippen molar-refractivity contribution in [2.75, 3.05) is 7.11 Å². The molecule has 4 nitrogen and oxygen atoms in total. The molecule has 0 radical (unpaired) electrons. The number of pyridine rings is 1. The van der Waals surface area contributed by atoms with Crippen LogP contribution in [0.1, 0.15) is 17.4 Å². The summed E-state index contributed by atoms with van der Waals surface area (Å²) in [5.74, 6) is 1.03. The molecule has 4 heteroatoms. The van der Waals surface area contributed by atoms with Gasteiger partial charge in [-0.3, -0.25) is 4.98 Å². The maximum absolute atomic E-state index is 9.99. The zero-order valence-corrected chi connectivity index (χ0v) is 8.25. The number of methoxy groups -OCH3 is 1. The number of hydrogen-bond donors (Lipinski definition) is 1. The van der Waals surface area contributed by atoms with Crippen LogP contribution < -0.4 is 4.74 Å². The highest BCUT2D eigenvalue weighted by molar-refractivity contribution is 5.35. The van der Waals surface area contributed by atoms with Crippen molar-refractivity contribution in [2.45, 2.75) is 6.10 Å². The van der Waals surface area contributed by atoms with Gasteiger partial charge in [-0.05, 0) is 18.2 Å². The van der Waals surface area contributed by atoms with Crippen LogP contribution in [-0.2, 0) is 0 Å². The minimum absolute atomic E-state index is 0.486. The largest absolute Gasteiger partial charge is 0.495 e. The van der Waals surface area contributed by atoms with Gasteiger partial charge in [0.25, 0.3) is 0 Å². The quantitative estimate of drug-likeness (QED) is 0.829. The molecule has 0 amide bonds. The monoisotopic (exact) mass is 205 g/mol. The second-order valence-corrected chi connectivity index (χ2v) is 3.04. The zero-order chi connectivity index (χ0) is 10.7. The van der Waals surface area contributed by atoms with Crippen LogP contribution in [0.5, 0.6) is 5.75 Å². The lowest BCUT2D eigenvalue weighted by atomic mass is 10.1. The molecule has 0 spiro atoms. The topological polar surface area (TPSA) is 55.5 Å². The van der Waals surface area contributed by atoms with Crippen LogP contribution >= 0.6 is 0 Å². The van der Waals surface area contributed by atoms with Crippen molar-refractivity contribution in [2.24, 2.45) is 0 Å². The smallest absolute Gasteiger partial charge is 0.143 e. The standard InChI is InChI=1S/C11H11NO3/c1-14-10-7-12-5-4-8(10)11(13)9-3-2-6-15-9/h2-7,11,13H,1H3. The van der Waals surface area contributed by atoms with E-state index in [-0.39, 0.29) is 0 Å². The van der Waals surface area contributed by atoms with Crippen LogP contribution in [-0.4, -0.2) is 17.2 Å². The lowest BCUT2D eigenvalue weighted by Gasteiger charge is -2.11. The molecule has 0 aliphatic rings. The molecule has 0 aliphatic carbocycles. The van der Waals surface area contributed by atoms with Crippen molar-refractivity contribution in [1.82, 2.24) is 4.98 Å². The second kappa shape index (κ2) is 4.14. The van der Waals surface area contributed by atoms with E-state index in [9.17, 15) is 5.11 Å². The van der Waals surface area contributed by atoms with Gasteiger partial charge >= 0.3 is 0 Å². The molecule has 2 aromatic heterocycles. The zero-order valence-electron chi connectivity index (χ0n) is 8.25. The molecular formula is C11H11NO3. The van der Waals surface area contributed by atoms with E-state index < -0.39 is 6.10 Å². The molecule has 2 heterocycles. The predicted octanol–water partition coefficient (Wildman–Crippen LogP) is 1.76. The summed E-state index contributed by atoms with van der Waals surface area (Å²) in [5, 5.41) is 9.99. The van der Waals surface area contributed by atoms with Gasteiger partial charge in [-0.2, -0.15) is 0 Å². The highest BCUT2D eigenvalue weighted by atomic mass is 16.5. The maximum atomic E-state index is 9.99. The summed E-state index contributed by atoms with van der Waals surface area (Å²) >= 11 is 0. The Kier molecular flexibility index (Phi) is 2.69. The summed E-state index contributed by atoms with van der Waals surface area (Å²) in [6.07, 6.45) is 3.86. The first kappa shape index (κ1) is 9.73. The molecule has 0 saturated carbocycles. The maximum Gasteiger partial charge on any atom is 0.143 e. The average molecular weight is 205 g/mol. The van der Waals surface area contributed by atoms with Crippen molar-refractivity contribution >= 4 is 0 Å². The summed E-state index contributed by atoms with van der Waals surface area (Å²) in [6.45, 7) is 0. The molecule has 2 aromatic rings. The SMILES string of the molecule is COc1cnccc1C(O)c1ccco1. The molecule has 0 saturated heterocycles. The molecular weight excluding hydrogens is 194 g/mol. The van der Waals surface area contributed by atoms with Crippen molar-refractivity contribution < 1.29 is 14.3 Å². The summed E-state index contributed by atoms with van der Waals surface area (Å²) in [6, 6.07) is 5.14. The van der Waals surface area contributed by atoms with Gasteiger partial charge in [0.05, 0.1) is 19.6 Å². The number of rotatable bonds is 3. The van der Waals surface area contributed by atoms with Crippen LogP contribution in [0.25, 0.3) is 0 Å². The molecule has 1 atom stereocenters. The predicted molar refractivity (Wildman–Crippen MR) is 53.6 cm³/mol. The molecule has 2 rings (SSSR count). The Balaban J connectivity index is 2.37. The molecule has 0 fully saturated rings. The third kappa shape index (κ3) is 1.85. The number of nitrogens with zero attached hydrogens (tertiary/aromatic N) is 1. The van der Waals surface area contributed by atoms with Gasteiger partial charge < -0.3 is 14.3 Å². The van der Waals surface area contributed by atoms with Gasteiger partial charge in [0.15, 0.2) is 0 Å². The van der Waals surface area contributed by atoms with E-state index in [1.165, 1.54) is 13.4 Å². The Labute approximate surface area is 87.1 Å². The summed E-state index contributed by atoms with van der Waals surface area (Å²) < 4.78 is 10.2. The van der Waals surface area contributed by atoms with Crippen LogP contribution in [0.15, 0.2) is 41.3 Å². The van der Waals surface area contributed by atoms with Gasteiger partial charge in [-0.25, -0.2) is 0 Å². The fraction of sp³-hybridized carbons (Fsp3) is 0.182. The Morgan fingerprint density at radius 1 is 1.47 bits per heavy atom. The van der Waals surface area contributed by atoms with Crippen molar-refractivity contribution in [3.8, 4) is 5.75 Å². The number of aliphatic hydroxyl groups is 1. The van der Waals surface area contributed by atoms with Gasteiger partial charge in [0.2, 0.25) is 0 Å². The molecule has 1 unspecified atom stereocenters. The first-order valence-electron chi connectivity index (χ1n) is 4.52. The Morgan fingerprint density at radius 2 is 2.33 bits per heavy atom. The summed E-state index contributed by atoms with van der Waals surface area (Å²) in [7, 11) is 1.54. The molecule has 78 valence electrons. The minimum atomic E-state index is -0.821. The van der Waals surface area contributed by atoms with Gasteiger partial charge in [0, 0.05) is 11.8 Å². The Bertz CT molecular complexity index is 425. The van der Waals surface area contributed by atoms with Crippen LogP contribution in [0.2, 0.25) is 0 Å². The van der Waals surface area contributed by atoms with E-state index in [2.05, 4.69) is 4.98 Å². The van der Waals surface area contributed by atoms with Crippen LogP contribution in [0.4, 0.5) is 0 Å². The third-order valence-corrected chi connectivity index (χ3v) is 2.14. The number of furan rings is 1. The molecule has 0 aliphatic heterocycles. The fourth-order valence-electron chi connectivity index (χ4n) is 1.39. The fourth-order valence-corrected chi connectivity index (χ4v) is 1.39. The normalized spacial score (nSPS) is 12.4. The van der Waals surface area contributed by atoms with E-state index in [4.69, 9.17) is 9.15 Å². The Hall–Kier alpha value is -1.81. The molecule has 0 bridgehead atoms. The highest BCUT2D eigenvalue weighted by Gasteiger charge is 2.17. The summed E-state index contributed by atoms with van der Waals surface area (Å²) in [5.41, 5.74) is 0.641. The first-order chi connectivity index (χ1) is 7.33. The van der Waals surface area contributed by atoms with Crippen LogP contribution in [0, 0.1) is 0 Å². The second-order valence-electron chi connectivity index (χ2n) is 3.04. The van der Waals surface area contributed by atoms with Gasteiger partial charge in [-0.15, -0.1) is 0 Å². The lowest BCUT2D eigenvalue weighted by molar-refractivity contribution is 0.185.